The molecule has 0 saturated heterocycles. The Morgan fingerprint density at radius 1 is 0.744 bits per heavy atom. The van der Waals surface area contributed by atoms with Gasteiger partial charge in [-0.15, -0.1) is 0 Å². The zero-order valence-corrected chi connectivity index (χ0v) is 30.0. The van der Waals surface area contributed by atoms with Crippen molar-refractivity contribution in [2.24, 2.45) is 11.3 Å². The van der Waals surface area contributed by atoms with E-state index in [1.165, 1.54) is 29.5 Å². The maximum Gasteiger partial charge on any atom is 0.0547 e. The van der Waals surface area contributed by atoms with E-state index in [0.29, 0.717) is 17.6 Å². The Balaban J connectivity index is -0.000000514. The smallest absolute Gasteiger partial charge is 0.0547 e. The molecule has 0 bridgehead atoms. The van der Waals surface area contributed by atoms with E-state index in [1.807, 2.05) is 13.8 Å². The molecule has 0 spiro atoms. The van der Waals surface area contributed by atoms with Crippen molar-refractivity contribution in [2.45, 2.75) is 147 Å². The van der Waals surface area contributed by atoms with Gasteiger partial charge in [0.2, 0.25) is 0 Å². The van der Waals surface area contributed by atoms with Gasteiger partial charge in [-0.1, -0.05) is 129 Å². The molecule has 0 aliphatic carbocycles. The van der Waals surface area contributed by atoms with E-state index in [0.717, 1.165) is 18.8 Å². The SMILES string of the molecule is CC.CCC(C)OC(C)C.CCc1ccc(C(C)(C)c2ccccc2)cc1.C[C-](C)CC(C)(C)CC(C)C.[V]. The third kappa shape index (κ3) is 20.5. The first kappa shape index (κ1) is 42.5. The third-order valence-corrected chi connectivity index (χ3v) is 6.45. The quantitative estimate of drug-likeness (QED) is 0.256. The zero-order chi connectivity index (χ0) is 29.9. The number of hydrogen-bond acceptors (Lipinski definition) is 1. The first-order valence-electron chi connectivity index (χ1n) is 15.2. The van der Waals surface area contributed by atoms with Crippen molar-refractivity contribution in [3.8, 4) is 0 Å². The minimum atomic E-state index is 0. The molecule has 0 saturated carbocycles. The zero-order valence-electron chi connectivity index (χ0n) is 28.6. The molecule has 0 fully saturated rings. The first-order valence-corrected chi connectivity index (χ1v) is 15.2. The largest absolute Gasteiger partial charge is 0.376 e. The van der Waals surface area contributed by atoms with Crippen molar-refractivity contribution in [3.63, 3.8) is 0 Å². The number of benzene rings is 2. The summed E-state index contributed by atoms with van der Waals surface area (Å²) in [7, 11) is 0. The monoisotopic (exact) mass is 576 g/mol. The molecule has 39 heavy (non-hydrogen) atoms. The van der Waals surface area contributed by atoms with Crippen LogP contribution in [-0.2, 0) is 35.1 Å². The summed E-state index contributed by atoms with van der Waals surface area (Å²) in [6, 6.07) is 19.7. The van der Waals surface area contributed by atoms with Crippen molar-refractivity contribution in [1.29, 1.82) is 0 Å². The molecule has 1 unspecified atom stereocenters. The Kier molecular flexibility index (Phi) is 24.7. The molecular weight excluding hydrogens is 511 g/mol. The summed E-state index contributed by atoms with van der Waals surface area (Å²) in [5, 5.41) is 0. The Labute approximate surface area is 258 Å². The fourth-order valence-electron chi connectivity index (χ4n) is 4.87. The van der Waals surface area contributed by atoms with Gasteiger partial charge in [0.05, 0.1) is 12.2 Å². The molecule has 2 aromatic carbocycles. The van der Waals surface area contributed by atoms with E-state index in [-0.39, 0.29) is 24.0 Å². The second-order valence-corrected chi connectivity index (χ2v) is 12.6. The molecule has 0 aliphatic heterocycles. The van der Waals surface area contributed by atoms with Crippen LogP contribution in [0.1, 0.15) is 140 Å². The van der Waals surface area contributed by atoms with Crippen molar-refractivity contribution in [1.82, 2.24) is 0 Å². The molecule has 0 aliphatic rings. The Bertz CT molecular complexity index is 776. The van der Waals surface area contributed by atoms with Crippen molar-refractivity contribution >= 4 is 0 Å². The number of hydrogen-bond donors (Lipinski definition) is 0. The van der Waals surface area contributed by atoms with Crippen LogP contribution in [0.4, 0.5) is 0 Å². The predicted molar refractivity (Wildman–Crippen MR) is 174 cm³/mol. The summed E-state index contributed by atoms with van der Waals surface area (Å²) in [5.74, 6) is 2.38. The van der Waals surface area contributed by atoms with Crippen LogP contribution in [0.25, 0.3) is 0 Å². The van der Waals surface area contributed by atoms with Crippen LogP contribution in [0.3, 0.4) is 0 Å². The van der Waals surface area contributed by atoms with Gasteiger partial charge < -0.3 is 10.7 Å². The molecule has 2 rings (SSSR count). The molecule has 1 radical (unpaired) electrons. The number of aryl methyl sites for hydroxylation is 1. The summed E-state index contributed by atoms with van der Waals surface area (Å²) in [6.45, 7) is 32.9. The normalized spacial score (nSPS) is 11.8. The Morgan fingerprint density at radius 3 is 1.54 bits per heavy atom. The summed E-state index contributed by atoms with van der Waals surface area (Å²) in [4.78, 5) is 0. The number of rotatable bonds is 10. The van der Waals surface area contributed by atoms with E-state index in [1.54, 1.807) is 5.92 Å². The van der Waals surface area contributed by atoms with Gasteiger partial charge >= 0.3 is 0 Å². The van der Waals surface area contributed by atoms with Gasteiger partial charge in [0.25, 0.3) is 0 Å². The van der Waals surface area contributed by atoms with Gasteiger partial charge in [-0.3, -0.25) is 0 Å². The second-order valence-electron chi connectivity index (χ2n) is 12.6. The van der Waals surface area contributed by atoms with Crippen molar-refractivity contribution in [3.05, 3.63) is 77.2 Å². The summed E-state index contributed by atoms with van der Waals surface area (Å²) < 4.78 is 5.40. The summed E-state index contributed by atoms with van der Waals surface area (Å²) in [5.41, 5.74) is 4.73. The summed E-state index contributed by atoms with van der Waals surface area (Å²) in [6.07, 6.45) is 5.62. The van der Waals surface area contributed by atoms with Gasteiger partial charge in [0, 0.05) is 24.0 Å². The molecule has 2 heteroatoms. The van der Waals surface area contributed by atoms with E-state index in [4.69, 9.17) is 4.74 Å². The third-order valence-electron chi connectivity index (χ3n) is 6.45. The standard InChI is InChI=1S/C17H20.C11H23.C7H16O.C2H6.V/c1-4-14-10-12-16(13-11-14)17(2,3)15-8-6-5-7-9-15;1-9(2)7-11(5,6)8-10(3)4;1-5-7(4)8-6(2)3;1-2;/h5-13H,4H2,1-3H3;9H,7-8H2,1-6H3;6-7H,5H2,1-4H3;1-2H3;/q;-1;;;. The van der Waals surface area contributed by atoms with Gasteiger partial charge in [-0.05, 0) is 62.6 Å². The van der Waals surface area contributed by atoms with E-state index in [2.05, 4.69) is 145 Å². The van der Waals surface area contributed by atoms with Crippen LogP contribution in [0.5, 0.6) is 0 Å². The predicted octanol–water partition coefficient (Wildman–Crippen LogP) is 11.9. The van der Waals surface area contributed by atoms with E-state index < -0.39 is 0 Å². The molecule has 0 N–H and O–H groups in total. The molecule has 0 amide bonds. The van der Waals surface area contributed by atoms with E-state index >= 15 is 0 Å². The van der Waals surface area contributed by atoms with Crippen LogP contribution in [-0.4, -0.2) is 12.2 Å². The molecule has 1 atom stereocenters. The Hall–Kier alpha value is -1.02. The van der Waals surface area contributed by atoms with Crippen LogP contribution in [0, 0.1) is 17.3 Å². The molecule has 2 aromatic rings. The number of ether oxygens (including phenoxy) is 1. The van der Waals surface area contributed by atoms with Gasteiger partial charge in [0.15, 0.2) is 0 Å². The second kappa shape index (κ2) is 22.6. The van der Waals surface area contributed by atoms with Crippen LogP contribution in [0.2, 0.25) is 0 Å². The average molecular weight is 577 g/mol. The van der Waals surface area contributed by atoms with Crippen molar-refractivity contribution in [2.75, 3.05) is 0 Å². The molecule has 1 nitrogen and oxygen atoms in total. The molecule has 0 aromatic heterocycles. The maximum absolute atomic E-state index is 5.40. The van der Waals surface area contributed by atoms with E-state index in [9.17, 15) is 0 Å². The minimum absolute atomic E-state index is 0. The van der Waals surface area contributed by atoms with Crippen LogP contribution in [0.15, 0.2) is 54.6 Å². The fraction of sp³-hybridized carbons (Fsp3) is 0.649. The van der Waals surface area contributed by atoms with Gasteiger partial charge in [-0.2, -0.15) is 20.3 Å². The fourth-order valence-corrected chi connectivity index (χ4v) is 4.87. The van der Waals surface area contributed by atoms with Gasteiger partial charge in [0.1, 0.15) is 0 Å². The Morgan fingerprint density at radius 2 is 1.21 bits per heavy atom. The van der Waals surface area contributed by atoms with Crippen molar-refractivity contribution < 1.29 is 23.3 Å². The topological polar surface area (TPSA) is 9.23 Å². The average Bonchev–Trinajstić information content (AvgIpc) is 2.84. The maximum atomic E-state index is 5.40. The van der Waals surface area contributed by atoms with Gasteiger partial charge in [-0.25, -0.2) is 0 Å². The molecular formula is C37H65OV-. The molecule has 225 valence electrons. The first-order chi connectivity index (χ1) is 17.6. The summed E-state index contributed by atoms with van der Waals surface area (Å²) >= 11 is 0. The minimum Gasteiger partial charge on any atom is -0.376 e. The van der Waals surface area contributed by atoms with Crippen LogP contribution < -0.4 is 0 Å². The molecule has 0 heterocycles. The van der Waals surface area contributed by atoms with Crippen LogP contribution >= 0.6 is 0 Å².